The van der Waals surface area contributed by atoms with Crippen LogP contribution in [-0.4, -0.2) is 16.1 Å². The fourth-order valence-electron chi connectivity index (χ4n) is 2.31. The minimum atomic E-state index is -0.199. The van der Waals surface area contributed by atoms with Crippen molar-refractivity contribution in [2.75, 3.05) is 5.32 Å². The van der Waals surface area contributed by atoms with Crippen molar-refractivity contribution in [1.29, 1.82) is 0 Å². The van der Waals surface area contributed by atoms with Crippen LogP contribution < -0.4 is 5.32 Å². The van der Waals surface area contributed by atoms with E-state index in [1.54, 1.807) is 24.3 Å². The molecular formula is C18H16ClN3O2. The number of nitrogens with one attached hydrogen (secondary N) is 1. The second kappa shape index (κ2) is 6.84. The fraction of sp³-hybridized carbons (Fsp3) is 0.167. The number of benzene rings is 2. The number of hydrogen-bond donors (Lipinski definition) is 1. The number of hydrogen-bond acceptors (Lipinski definition) is 4. The molecule has 0 atom stereocenters. The molecule has 6 heteroatoms. The van der Waals surface area contributed by atoms with Crippen molar-refractivity contribution in [1.82, 2.24) is 10.2 Å². The first-order valence-corrected chi connectivity index (χ1v) is 7.84. The van der Waals surface area contributed by atoms with E-state index in [1.165, 1.54) is 0 Å². The molecule has 1 heterocycles. The zero-order valence-electron chi connectivity index (χ0n) is 13.3. The molecule has 1 aromatic heterocycles. The first kappa shape index (κ1) is 16.2. The molecule has 1 N–H and O–H groups in total. The summed E-state index contributed by atoms with van der Waals surface area (Å²) in [5.74, 6) is 0.128. The second-order valence-corrected chi connectivity index (χ2v) is 6.01. The number of halogens is 1. The van der Waals surface area contributed by atoms with E-state index in [-0.39, 0.29) is 18.3 Å². The van der Waals surface area contributed by atoms with Gasteiger partial charge in [-0.25, -0.2) is 0 Å². The Kier molecular flexibility index (Phi) is 4.62. The summed E-state index contributed by atoms with van der Waals surface area (Å²) >= 11 is 5.85. The van der Waals surface area contributed by atoms with Crippen LogP contribution in [-0.2, 0) is 11.2 Å². The summed E-state index contributed by atoms with van der Waals surface area (Å²) in [4.78, 5) is 12.2. The van der Waals surface area contributed by atoms with Crippen molar-refractivity contribution in [3.05, 3.63) is 64.2 Å². The Morgan fingerprint density at radius 3 is 2.62 bits per heavy atom. The first-order valence-electron chi connectivity index (χ1n) is 7.47. The number of carbonyl (C=O) groups excluding carboxylic acids is 1. The molecule has 0 saturated carbocycles. The number of nitrogens with zero attached hydrogens (tertiary/aromatic N) is 2. The van der Waals surface area contributed by atoms with Crippen molar-refractivity contribution in [2.45, 2.75) is 20.3 Å². The highest BCUT2D eigenvalue weighted by Gasteiger charge is 2.12. The maximum Gasteiger partial charge on any atom is 0.322 e. The standard InChI is InChI=1S/C18H16ClN3O2/c1-11-3-4-12(2)14(9-11)10-16(23)20-18-22-21-17(24-18)13-5-7-15(19)8-6-13/h3-9H,10H2,1-2H3,(H,20,22,23). The monoisotopic (exact) mass is 341 g/mol. The summed E-state index contributed by atoms with van der Waals surface area (Å²) in [7, 11) is 0. The lowest BCUT2D eigenvalue weighted by atomic mass is 10.0. The largest absolute Gasteiger partial charge is 0.403 e. The summed E-state index contributed by atoms with van der Waals surface area (Å²) in [5, 5.41) is 11.0. The lowest BCUT2D eigenvalue weighted by molar-refractivity contribution is -0.115. The highest BCUT2D eigenvalue weighted by atomic mass is 35.5. The van der Waals surface area contributed by atoms with E-state index in [0.29, 0.717) is 10.9 Å². The van der Waals surface area contributed by atoms with Crippen molar-refractivity contribution >= 4 is 23.5 Å². The molecule has 0 aliphatic rings. The van der Waals surface area contributed by atoms with Gasteiger partial charge in [-0.15, -0.1) is 5.10 Å². The van der Waals surface area contributed by atoms with Gasteiger partial charge in [0.25, 0.3) is 0 Å². The third kappa shape index (κ3) is 3.81. The molecule has 2 aromatic carbocycles. The lowest BCUT2D eigenvalue weighted by Gasteiger charge is -2.06. The number of aryl methyl sites for hydroxylation is 2. The Hall–Kier alpha value is -2.66. The Bertz CT molecular complexity index is 872. The Morgan fingerprint density at radius 1 is 1.12 bits per heavy atom. The van der Waals surface area contributed by atoms with Crippen molar-refractivity contribution in [2.24, 2.45) is 0 Å². The maximum absolute atomic E-state index is 12.2. The molecule has 3 rings (SSSR count). The van der Waals surface area contributed by atoms with Gasteiger partial charge in [-0.1, -0.05) is 40.5 Å². The van der Waals surface area contributed by atoms with Gasteiger partial charge in [0.05, 0.1) is 6.42 Å². The molecule has 0 bridgehead atoms. The highest BCUT2D eigenvalue weighted by Crippen LogP contribution is 2.22. The zero-order chi connectivity index (χ0) is 17.1. The molecule has 0 aliphatic carbocycles. The van der Waals surface area contributed by atoms with Crippen LogP contribution in [0.2, 0.25) is 5.02 Å². The molecule has 0 radical (unpaired) electrons. The van der Waals surface area contributed by atoms with Crippen LogP contribution in [0.4, 0.5) is 6.01 Å². The maximum atomic E-state index is 12.2. The molecule has 3 aromatic rings. The van der Waals surface area contributed by atoms with E-state index in [9.17, 15) is 4.79 Å². The first-order chi connectivity index (χ1) is 11.5. The van der Waals surface area contributed by atoms with E-state index < -0.39 is 0 Å². The molecule has 5 nitrogen and oxygen atoms in total. The summed E-state index contributed by atoms with van der Waals surface area (Å²) in [6.07, 6.45) is 0.256. The molecule has 0 unspecified atom stereocenters. The van der Waals surface area contributed by atoms with Gasteiger partial charge in [0, 0.05) is 10.6 Å². The molecule has 122 valence electrons. The van der Waals surface area contributed by atoms with Crippen LogP contribution in [0, 0.1) is 13.8 Å². The Labute approximate surface area is 144 Å². The van der Waals surface area contributed by atoms with Crippen molar-refractivity contribution in [3.8, 4) is 11.5 Å². The van der Waals surface area contributed by atoms with Gasteiger partial charge in [0.1, 0.15) is 0 Å². The third-order valence-corrected chi connectivity index (χ3v) is 3.87. The van der Waals surface area contributed by atoms with E-state index in [4.69, 9.17) is 16.0 Å². The van der Waals surface area contributed by atoms with E-state index in [1.807, 2.05) is 32.0 Å². The van der Waals surface area contributed by atoms with Gasteiger partial charge in [-0.2, -0.15) is 0 Å². The van der Waals surface area contributed by atoms with Crippen molar-refractivity contribution < 1.29 is 9.21 Å². The SMILES string of the molecule is Cc1ccc(C)c(CC(=O)Nc2nnc(-c3ccc(Cl)cc3)o2)c1. The van der Waals surface area contributed by atoms with Gasteiger partial charge in [-0.3, -0.25) is 10.1 Å². The number of amides is 1. The predicted molar refractivity (Wildman–Crippen MR) is 93.0 cm³/mol. The van der Waals surface area contributed by atoms with E-state index >= 15 is 0 Å². The number of anilines is 1. The van der Waals surface area contributed by atoms with Gasteiger partial charge in [0.2, 0.25) is 11.8 Å². The van der Waals surface area contributed by atoms with Crippen LogP contribution in [0.5, 0.6) is 0 Å². The lowest BCUT2D eigenvalue weighted by Crippen LogP contribution is -2.15. The molecule has 0 aliphatic heterocycles. The molecular weight excluding hydrogens is 326 g/mol. The predicted octanol–water partition coefficient (Wildman–Crippen LogP) is 4.19. The highest BCUT2D eigenvalue weighted by molar-refractivity contribution is 6.30. The summed E-state index contributed by atoms with van der Waals surface area (Å²) in [6, 6.07) is 13.1. The molecule has 0 spiro atoms. The zero-order valence-corrected chi connectivity index (χ0v) is 14.1. The summed E-state index contributed by atoms with van der Waals surface area (Å²) in [5.41, 5.74) is 3.90. The minimum Gasteiger partial charge on any atom is -0.403 e. The number of carbonyl (C=O) groups is 1. The van der Waals surface area contributed by atoms with Crippen LogP contribution in [0.15, 0.2) is 46.9 Å². The average molecular weight is 342 g/mol. The summed E-state index contributed by atoms with van der Waals surface area (Å²) < 4.78 is 5.47. The van der Waals surface area contributed by atoms with Crippen LogP contribution >= 0.6 is 11.6 Å². The minimum absolute atomic E-state index is 0.0789. The van der Waals surface area contributed by atoms with Gasteiger partial charge >= 0.3 is 6.01 Å². The second-order valence-electron chi connectivity index (χ2n) is 5.57. The fourth-order valence-corrected chi connectivity index (χ4v) is 2.44. The molecule has 1 amide bonds. The Morgan fingerprint density at radius 2 is 1.88 bits per heavy atom. The van der Waals surface area contributed by atoms with Crippen molar-refractivity contribution in [3.63, 3.8) is 0 Å². The van der Waals surface area contributed by atoms with Crippen LogP contribution in [0.3, 0.4) is 0 Å². The number of rotatable bonds is 4. The van der Waals surface area contributed by atoms with Gasteiger partial charge < -0.3 is 4.42 Å². The van der Waals surface area contributed by atoms with E-state index in [0.717, 1.165) is 22.3 Å². The van der Waals surface area contributed by atoms with Crippen LogP contribution in [0.1, 0.15) is 16.7 Å². The van der Waals surface area contributed by atoms with E-state index in [2.05, 4.69) is 15.5 Å². The number of aromatic nitrogens is 2. The molecule has 0 saturated heterocycles. The molecule has 0 fully saturated rings. The quantitative estimate of drug-likeness (QED) is 0.772. The van der Waals surface area contributed by atoms with Gasteiger partial charge in [0.15, 0.2) is 0 Å². The summed E-state index contributed by atoms with van der Waals surface area (Å²) in [6.45, 7) is 3.98. The molecule has 24 heavy (non-hydrogen) atoms. The average Bonchev–Trinajstić information content (AvgIpc) is 3.00. The topological polar surface area (TPSA) is 68.0 Å². The Balaban J connectivity index is 1.69. The normalized spacial score (nSPS) is 10.6. The smallest absolute Gasteiger partial charge is 0.322 e. The third-order valence-electron chi connectivity index (χ3n) is 3.62. The van der Waals surface area contributed by atoms with Crippen LogP contribution in [0.25, 0.3) is 11.5 Å². The van der Waals surface area contributed by atoms with Gasteiger partial charge in [-0.05, 0) is 49.2 Å².